The number of hydrogen-bond acceptors (Lipinski definition) is 6. The van der Waals surface area contributed by atoms with Gasteiger partial charge in [-0.15, -0.1) is 10.2 Å². The average Bonchev–Trinajstić information content (AvgIpc) is 2.93. The van der Waals surface area contributed by atoms with Crippen molar-refractivity contribution in [3.8, 4) is 22.1 Å². The number of ether oxygens (including phenoxy) is 1. The average molecular weight is 262 g/mol. The quantitative estimate of drug-likeness (QED) is 0.763. The van der Waals surface area contributed by atoms with E-state index in [4.69, 9.17) is 4.74 Å². The number of fused-ring (bicyclic) bond motifs is 1. The third-order valence-electron chi connectivity index (χ3n) is 2.58. The zero-order chi connectivity index (χ0) is 12.7. The second-order valence-electron chi connectivity index (χ2n) is 3.73. The lowest BCUT2D eigenvalue weighted by Gasteiger charge is -2.03. The van der Waals surface area contributed by atoms with Crippen LogP contribution in [0.25, 0.3) is 15.5 Å². The van der Waals surface area contributed by atoms with E-state index in [1.807, 2.05) is 6.92 Å². The fourth-order valence-corrected chi connectivity index (χ4v) is 2.55. The van der Waals surface area contributed by atoms with Crippen molar-refractivity contribution in [2.24, 2.45) is 0 Å². The van der Waals surface area contributed by atoms with Gasteiger partial charge in [0.15, 0.2) is 10.8 Å². The van der Waals surface area contributed by atoms with Crippen LogP contribution in [0.3, 0.4) is 0 Å². The highest BCUT2D eigenvalue weighted by Gasteiger charge is 2.14. The minimum Gasteiger partial charge on any atom is -0.507 e. The number of benzene rings is 1. The second-order valence-corrected chi connectivity index (χ2v) is 4.69. The summed E-state index contributed by atoms with van der Waals surface area (Å²) in [6.07, 6.45) is 0. The van der Waals surface area contributed by atoms with Crippen LogP contribution in [0.5, 0.6) is 11.5 Å². The standard InChI is InChI=1S/C11H10N4O2S/c1-6-12-13-11-15(6)14-10(18-11)8-5-7(17-2)3-4-9(8)16/h3-5,16H,1-2H3. The van der Waals surface area contributed by atoms with Gasteiger partial charge in [0.1, 0.15) is 11.5 Å². The van der Waals surface area contributed by atoms with Gasteiger partial charge in [-0.25, -0.2) is 0 Å². The van der Waals surface area contributed by atoms with E-state index in [2.05, 4.69) is 15.3 Å². The zero-order valence-electron chi connectivity index (χ0n) is 9.78. The van der Waals surface area contributed by atoms with E-state index in [0.717, 1.165) is 5.82 Å². The first-order valence-corrected chi connectivity index (χ1v) is 6.07. The maximum atomic E-state index is 9.88. The summed E-state index contributed by atoms with van der Waals surface area (Å²) in [5.41, 5.74) is 0.629. The highest BCUT2D eigenvalue weighted by Crippen LogP contribution is 2.34. The van der Waals surface area contributed by atoms with E-state index >= 15 is 0 Å². The van der Waals surface area contributed by atoms with Gasteiger partial charge in [-0.2, -0.15) is 9.61 Å². The van der Waals surface area contributed by atoms with Crippen LogP contribution in [0.4, 0.5) is 0 Å². The number of nitrogens with zero attached hydrogens (tertiary/aromatic N) is 4. The Morgan fingerprint density at radius 3 is 2.89 bits per heavy atom. The molecule has 2 aromatic heterocycles. The molecule has 0 aliphatic carbocycles. The number of aromatic hydroxyl groups is 1. The Labute approximate surface area is 106 Å². The summed E-state index contributed by atoms with van der Waals surface area (Å²) in [5, 5.41) is 22.8. The number of phenolic OH excluding ortho intramolecular Hbond substituents is 1. The SMILES string of the molecule is COc1ccc(O)c(-c2nn3c(C)nnc3s2)c1. The predicted octanol–water partition coefficient (Wildman–Crippen LogP) is 1.88. The van der Waals surface area contributed by atoms with Crippen LogP contribution in [0.2, 0.25) is 0 Å². The van der Waals surface area contributed by atoms with Crippen LogP contribution >= 0.6 is 11.3 Å². The summed E-state index contributed by atoms with van der Waals surface area (Å²) in [4.78, 5) is 0.699. The van der Waals surface area contributed by atoms with Gasteiger partial charge in [0.2, 0.25) is 4.96 Å². The molecule has 3 aromatic rings. The normalized spacial score (nSPS) is 11.0. The van der Waals surface area contributed by atoms with Crippen LogP contribution in [0.15, 0.2) is 18.2 Å². The molecular weight excluding hydrogens is 252 g/mol. The van der Waals surface area contributed by atoms with Crippen molar-refractivity contribution in [2.75, 3.05) is 7.11 Å². The highest BCUT2D eigenvalue weighted by atomic mass is 32.1. The highest BCUT2D eigenvalue weighted by molar-refractivity contribution is 7.19. The van der Waals surface area contributed by atoms with Crippen LogP contribution in [-0.4, -0.2) is 32.0 Å². The van der Waals surface area contributed by atoms with Crippen molar-refractivity contribution in [3.05, 3.63) is 24.0 Å². The van der Waals surface area contributed by atoms with E-state index in [9.17, 15) is 5.11 Å². The summed E-state index contributed by atoms with van der Waals surface area (Å²) >= 11 is 1.37. The second kappa shape index (κ2) is 3.95. The van der Waals surface area contributed by atoms with Crippen molar-refractivity contribution in [2.45, 2.75) is 6.92 Å². The third kappa shape index (κ3) is 1.60. The van der Waals surface area contributed by atoms with E-state index in [-0.39, 0.29) is 5.75 Å². The summed E-state index contributed by atoms with van der Waals surface area (Å²) in [7, 11) is 1.58. The maximum Gasteiger partial charge on any atom is 0.234 e. The number of phenols is 1. The molecule has 0 saturated carbocycles. The van der Waals surface area contributed by atoms with E-state index in [1.54, 1.807) is 29.8 Å². The first-order chi connectivity index (χ1) is 8.69. The van der Waals surface area contributed by atoms with Crippen molar-refractivity contribution in [1.29, 1.82) is 0 Å². The number of aryl methyl sites for hydroxylation is 1. The molecule has 0 atom stereocenters. The maximum absolute atomic E-state index is 9.88. The van der Waals surface area contributed by atoms with Gasteiger partial charge < -0.3 is 9.84 Å². The monoisotopic (exact) mass is 262 g/mol. The van der Waals surface area contributed by atoms with Crippen molar-refractivity contribution >= 4 is 16.3 Å². The van der Waals surface area contributed by atoms with Gasteiger partial charge in [0.25, 0.3) is 0 Å². The molecule has 7 heteroatoms. The Hall–Kier alpha value is -2.15. The lowest BCUT2D eigenvalue weighted by atomic mass is 10.2. The molecule has 0 aliphatic rings. The minimum atomic E-state index is 0.165. The van der Waals surface area contributed by atoms with Gasteiger partial charge in [-0.3, -0.25) is 0 Å². The zero-order valence-corrected chi connectivity index (χ0v) is 10.6. The minimum absolute atomic E-state index is 0.165. The molecule has 1 aromatic carbocycles. The van der Waals surface area contributed by atoms with E-state index in [1.165, 1.54) is 11.3 Å². The molecule has 0 fully saturated rings. The van der Waals surface area contributed by atoms with Gasteiger partial charge in [-0.1, -0.05) is 11.3 Å². The van der Waals surface area contributed by atoms with Crippen LogP contribution in [0.1, 0.15) is 5.82 Å². The summed E-state index contributed by atoms with van der Waals surface area (Å²) in [6.45, 7) is 1.83. The predicted molar refractivity (Wildman–Crippen MR) is 67.0 cm³/mol. The molecule has 3 rings (SSSR count). The Balaban J connectivity index is 2.18. The summed E-state index contributed by atoms with van der Waals surface area (Å²) < 4.78 is 6.79. The number of methoxy groups -OCH3 is 1. The Morgan fingerprint density at radius 2 is 2.17 bits per heavy atom. The molecule has 0 unspecified atom stereocenters. The summed E-state index contributed by atoms with van der Waals surface area (Å²) in [6, 6.07) is 5.03. The molecule has 1 N–H and O–H groups in total. The van der Waals surface area contributed by atoms with E-state index < -0.39 is 0 Å². The third-order valence-corrected chi connectivity index (χ3v) is 3.51. The lowest BCUT2D eigenvalue weighted by Crippen LogP contribution is -1.89. The molecule has 0 spiro atoms. The van der Waals surface area contributed by atoms with Crippen molar-refractivity contribution < 1.29 is 9.84 Å². The molecule has 0 aliphatic heterocycles. The fraction of sp³-hybridized carbons (Fsp3) is 0.182. The van der Waals surface area contributed by atoms with Crippen LogP contribution < -0.4 is 4.74 Å². The molecule has 0 radical (unpaired) electrons. The molecular formula is C11H10N4O2S. The molecule has 0 saturated heterocycles. The molecule has 18 heavy (non-hydrogen) atoms. The van der Waals surface area contributed by atoms with Gasteiger partial charge in [0.05, 0.1) is 12.7 Å². The Morgan fingerprint density at radius 1 is 1.33 bits per heavy atom. The molecule has 2 heterocycles. The first-order valence-electron chi connectivity index (χ1n) is 5.25. The first kappa shape index (κ1) is 11.0. The molecule has 6 nitrogen and oxygen atoms in total. The lowest BCUT2D eigenvalue weighted by molar-refractivity contribution is 0.412. The number of aromatic nitrogens is 4. The number of rotatable bonds is 2. The van der Waals surface area contributed by atoms with E-state index in [0.29, 0.717) is 21.3 Å². The fourth-order valence-electron chi connectivity index (χ4n) is 1.64. The van der Waals surface area contributed by atoms with Gasteiger partial charge in [-0.05, 0) is 25.1 Å². The largest absolute Gasteiger partial charge is 0.507 e. The molecule has 0 amide bonds. The van der Waals surface area contributed by atoms with Crippen molar-refractivity contribution in [3.63, 3.8) is 0 Å². The Kier molecular flexibility index (Phi) is 2.41. The molecule has 92 valence electrons. The van der Waals surface area contributed by atoms with Gasteiger partial charge >= 0.3 is 0 Å². The summed E-state index contributed by atoms with van der Waals surface area (Å²) in [5.74, 6) is 1.55. The van der Waals surface area contributed by atoms with Crippen molar-refractivity contribution in [1.82, 2.24) is 19.8 Å². The topological polar surface area (TPSA) is 72.5 Å². The number of hydrogen-bond donors (Lipinski definition) is 1. The smallest absolute Gasteiger partial charge is 0.234 e. The van der Waals surface area contributed by atoms with Crippen LogP contribution in [0, 0.1) is 6.92 Å². The Bertz CT molecular complexity index is 719. The van der Waals surface area contributed by atoms with Gasteiger partial charge in [0, 0.05) is 0 Å². The van der Waals surface area contributed by atoms with Crippen LogP contribution in [-0.2, 0) is 0 Å². The molecule has 0 bridgehead atoms.